The molecular weight excluding hydrogens is 300 g/mol. The molecule has 1 N–H and O–H groups in total. The smallest absolute Gasteiger partial charge is 0.275 e. The Hall–Kier alpha value is -2.59. The van der Waals surface area contributed by atoms with Crippen LogP contribution in [-0.4, -0.2) is 18.9 Å². The van der Waals surface area contributed by atoms with Gasteiger partial charge in [-0.3, -0.25) is 4.79 Å². The number of nitrogens with zero attached hydrogens (tertiary/aromatic N) is 1. The first kappa shape index (κ1) is 14.4. The van der Waals surface area contributed by atoms with Crippen molar-refractivity contribution < 1.29 is 9.53 Å². The predicted octanol–water partition coefficient (Wildman–Crippen LogP) is 3.27. The summed E-state index contributed by atoms with van der Waals surface area (Å²) in [5.41, 5.74) is 1.92. The molecule has 1 amide bonds. The van der Waals surface area contributed by atoms with Crippen LogP contribution in [0.4, 0.5) is 0 Å². The Morgan fingerprint density at radius 1 is 1.14 bits per heavy atom. The average Bonchev–Trinajstić information content (AvgIpc) is 2.89. The van der Waals surface area contributed by atoms with Crippen LogP contribution in [0.25, 0.3) is 6.08 Å². The molecule has 110 valence electrons. The fourth-order valence-electron chi connectivity index (χ4n) is 2.11. The monoisotopic (exact) mass is 312 g/mol. The lowest BCUT2D eigenvalue weighted by Crippen LogP contribution is -2.24. The molecule has 0 bridgehead atoms. The number of methoxy groups -OCH3 is 1. The first-order chi connectivity index (χ1) is 10.7. The number of amides is 1. The van der Waals surface area contributed by atoms with Crippen LogP contribution >= 0.6 is 11.6 Å². The third kappa shape index (κ3) is 2.87. The molecule has 2 aromatic carbocycles. The molecule has 0 aliphatic carbocycles. The van der Waals surface area contributed by atoms with Crippen molar-refractivity contribution in [2.24, 2.45) is 4.99 Å². The van der Waals surface area contributed by atoms with Gasteiger partial charge in [-0.15, -0.1) is 0 Å². The van der Waals surface area contributed by atoms with Crippen molar-refractivity contribution in [1.29, 1.82) is 0 Å². The topological polar surface area (TPSA) is 50.7 Å². The van der Waals surface area contributed by atoms with Gasteiger partial charge in [0.1, 0.15) is 17.3 Å². The van der Waals surface area contributed by atoms with Crippen LogP contribution in [0.1, 0.15) is 11.1 Å². The van der Waals surface area contributed by atoms with E-state index in [4.69, 9.17) is 16.3 Å². The Morgan fingerprint density at radius 3 is 2.55 bits per heavy atom. The maximum atomic E-state index is 12.0. The van der Waals surface area contributed by atoms with Gasteiger partial charge in [-0.25, -0.2) is 4.99 Å². The maximum absolute atomic E-state index is 12.0. The van der Waals surface area contributed by atoms with Gasteiger partial charge in [0.05, 0.1) is 12.1 Å². The van der Waals surface area contributed by atoms with Crippen molar-refractivity contribution in [3.05, 3.63) is 70.4 Å². The van der Waals surface area contributed by atoms with E-state index in [1.54, 1.807) is 19.3 Å². The van der Waals surface area contributed by atoms with E-state index in [0.29, 0.717) is 22.1 Å². The molecule has 4 nitrogen and oxygen atoms in total. The summed E-state index contributed by atoms with van der Waals surface area (Å²) in [6, 6.07) is 14.6. The zero-order chi connectivity index (χ0) is 15.5. The normalized spacial score (nSPS) is 15.6. The lowest BCUT2D eigenvalue weighted by Gasteiger charge is -2.01. The number of hydrogen-bond acceptors (Lipinski definition) is 3. The van der Waals surface area contributed by atoms with Crippen LogP contribution in [0.5, 0.6) is 5.75 Å². The molecule has 2 aromatic rings. The fraction of sp³-hybridized carbons (Fsp3) is 0.0588. The fourth-order valence-corrected chi connectivity index (χ4v) is 2.33. The second-order valence-corrected chi connectivity index (χ2v) is 5.10. The number of nitrogens with one attached hydrogen (secondary N) is 1. The van der Waals surface area contributed by atoms with Gasteiger partial charge in [-0.2, -0.15) is 0 Å². The van der Waals surface area contributed by atoms with Gasteiger partial charge in [0.25, 0.3) is 5.91 Å². The highest BCUT2D eigenvalue weighted by atomic mass is 35.5. The third-order valence-corrected chi connectivity index (χ3v) is 3.57. The summed E-state index contributed by atoms with van der Waals surface area (Å²) in [5, 5.41) is 3.29. The largest absolute Gasteiger partial charge is 0.497 e. The molecule has 0 spiro atoms. The third-order valence-electron chi connectivity index (χ3n) is 3.24. The molecule has 0 aromatic heterocycles. The van der Waals surface area contributed by atoms with E-state index in [-0.39, 0.29) is 5.91 Å². The predicted molar refractivity (Wildman–Crippen MR) is 87.1 cm³/mol. The van der Waals surface area contributed by atoms with E-state index in [1.165, 1.54) is 0 Å². The van der Waals surface area contributed by atoms with Crippen molar-refractivity contribution in [1.82, 2.24) is 5.32 Å². The SMILES string of the molecule is COc1ccc(C=C2N=C(c3ccccc3Cl)NC2=O)cc1. The van der Waals surface area contributed by atoms with Crippen LogP contribution in [0.2, 0.25) is 5.02 Å². The number of halogens is 1. The average molecular weight is 313 g/mol. The van der Waals surface area contributed by atoms with Gasteiger partial charge in [0, 0.05) is 5.56 Å². The summed E-state index contributed by atoms with van der Waals surface area (Å²) in [7, 11) is 1.61. The van der Waals surface area contributed by atoms with Gasteiger partial charge in [-0.05, 0) is 35.9 Å². The summed E-state index contributed by atoms with van der Waals surface area (Å²) in [4.78, 5) is 16.4. The second kappa shape index (κ2) is 6.03. The standard InChI is InChI=1S/C17H13ClN2O2/c1-22-12-8-6-11(7-9-12)10-15-17(21)20-16(19-15)13-4-2-3-5-14(13)18/h2-10H,1H3,(H,19,20,21). The van der Waals surface area contributed by atoms with Crippen LogP contribution < -0.4 is 10.1 Å². The van der Waals surface area contributed by atoms with Crippen LogP contribution in [0.15, 0.2) is 59.2 Å². The summed E-state index contributed by atoms with van der Waals surface area (Å²) in [6.45, 7) is 0. The van der Waals surface area contributed by atoms with E-state index >= 15 is 0 Å². The molecule has 0 unspecified atom stereocenters. The molecule has 0 radical (unpaired) electrons. The first-order valence-corrected chi connectivity index (χ1v) is 7.06. The molecule has 1 aliphatic heterocycles. The molecular formula is C17H13ClN2O2. The van der Waals surface area contributed by atoms with E-state index in [1.807, 2.05) is 42.5 Å². The molecule has 1 aliphatic rings. The highest BCUT2D eigenvalue weighted by molar-refractivity contribution is 6.35. The van der Waals surface area contributed by atoms with E-state index in [2.05, 4.69) is 10.3 Å². The van der Waals surface area contributed by atoms with Crippen molar-refractivity contribution in [3.63, 3.8) is 0 Å². The number of carbonyl (C=O) groups is 1. The summed E-state index contributed by atoms with van der Waals surface area (Å²) < 4.78 is 5.11. The molecule has 3 rings (SSSR count). The minimum atomic E-state index is -0.245. The van der Waals surface area contributed by atoms with Gasteiger partial charge in [-0.1, -0.05) is 35.9 Å². The zero-order valence-corrected chi connectivity index (χ0v) is 12.6. The number of carbonyl (C=O) groups excluding carboxylic acids is 1. The highest BCUT2D eigenvalue weighted by Crippen LogP contribution is 2.21. The van der Waals surface area contributed by atoms with Crippen LogP contribution in [0, 0.1) is 0 Å². The molecule has 0 saturated heterocycles. The molecule has 5 heteroatoms. The Kier molecular flexibility index (Phi) is 3.94. The van der Waals surface area contributed by atoms with Crippen molar-refractivity contribution in [2.75, 3.05) is 7.11 Å². The number of hydrogen-bond donors (Lipinski definition) is 1. The van der Waals surface area contributed by atoms with Crippen molar-refractivity contribution >= 4 is 29.4 Å². The zero-order valence-electron chi connectivity index (χ0n) is 11.8. The lowest BCUT2D eigenvalue weighted by atomic mass is 10.2. The lowest BCUT2D eigenvalue weighted by molar-refractivity contribution is -0.115. The van der Waals surface area contributed by atoms with Crippen molar-refractivity contribution in [3.8, 4) is 5.75 Å². The first-order valence-electron chi connectivity index (χ1n) is 6.68. The van der Waals surface area contributed by atoms with E-state index < -0.39 is 0 Å². The quantitative estimate of drug-likeness (QED) is 0.884. The number of ether oxygens (including phenoxy) is 1. The van der Waals surface area contributed by atoms with Crippen LogP contribution in [-0.2, 0) is 4.79 Å². The Bertz CT molecular complexity index is 780. The Balaban J connectivity index is 1.92. The minimum Gasteiger partial charge on any atom is -0.497 e. The summed E-state index contributed by atoms with van der Waals surface area (Å²) in [5.74, 6) is 0.986. The number of benzene rings is 2. The van der Waals surface area contributed by atoms with Crippen LogP contribution in [0.3, 0.4) is 0 Å². The van der Waals surface area contributed by atoms with Gasteiger partial charge in [0.15, 0.2) is 0 Å². The second-order valence-electron chi connectivity index (χ2n) is 4.70. The molecule has 0 saturated carbocycles. The van der Waals surface area contributed by atoms with E-state index in [0.717, 1.165) is 11.3 Å². The molecule has 0 atom stereocenters. The van der Waals surface area contributed by atoms with Crippen molar-refractivity contribution in [2.45, 2.75) is 0 Å². The highest BCUT2D eigenvalue weighted by Gasteiger charge is 2.22. The number of rotatable bonds is 3. The molecule has 1 heterocycles. The number of aliphatic imine (C=N–C) groups is 1. The van der Waals surface area contributed by atoms with Gasteiger partial charge >= 0.3 is 0 Å². The Labute approximate surface area is 133 Å². The molecule has 22 heavy (non-hydrogen) atoms. The van der Waals surface area contributed by atoms with E-state index in [9.17, 15) is 4.79 Å². The molecule has 0 fully saturated rings. The summed E-state index contributed by atoms with van der Waals surface area (Å²) >= 11 is 6.13. The number of amidine groups is 1. The van der Waals surface area contributed by atoms with Gasteiger partial charge < -0.3 is 10.1 Å². The Morgan fingerprint density at radius 2 is 1.86 bits per heavy atom. The summed E-state index contributed by atoms with van der Waals surface area (Å²) in [6.07, 6.45) is 1.72. The minimum absolute atomic E-state index is 0.245. The maximum Gasteiger partial charge on any atom is 0.275 e. The van der Waals surface area contributed by atoms with Gasteiger partial charge in [0.2, 0.25) is 0 Å².